The van der Waals surface area contributed by atoms with Crippen molar-refractivity contribution in [3.8, 4) is 0 Å². The normalized spacial score (nSPS) is 22.6. The number of unbranched alkanes of at least 4 members (excludes halogenated alkanes) is 1. The molecule has 0 aromatic carbocycles. The van der Waals surface area contributed by atoms with Crippen LogP contribution in [-0.4, -0.2) is 56.3 Å². The molecular weight excluding hydrogens is 274 g/mol. The molecule has 1 aliphatic heterocycles. The lowest BCUT2D eigenvalue weighted by molar-refractivity contribution is 0.271. The van der Waals surface area contributed by atoms with Crippen molar-refractivity contribution in [2.45, 2.75) is 51.5 Å². The van der Waals surface area contributed by atoms with Gasteiger partial charge in [-0.05, 0) is 44.6 Å². The van der Waals surface area contributed by atoms with E-state index in [1.165, 1.54) is 17.1 Å². The zero-order chi connectivity index (χ0) is 14.6. The Morgan fingerprint density at radius 2 is 1.85 bits per heavy atom. The summed E-state index contributed by atoms with van der Waals surface area (Å²) in [7, 11) is -1.54. The molecule has 118 valence electrons. The molecule has 2 aliphatic rings. The van der Waals surface area contributed by atoms with E-state index < -0.39 is 10.2 Å². The van der Waals surface area contributed by atoms with E-state index >= 15 is 0 Å². The van der Waals surface area contributed by atoms with E-state index in [4.69, 9.17) is 0 Å². The molecular formula is C14H29N3O2S. The third-order valence-electron chi connectivity index (χ3n) is 4.39. The molecule has 0 spiro atoms. The van der Waals surface area contributed by atoms with Gasteiger partial charge in [-0.25, -0.2) is 0 Å². The van der Waals surface area contributed by atoms with Crippen molar-refractivity contribution in [3.63, 3.8) is 0 Å². The number of hydrogen-bond acceptors (Lipinski definition) is 3. The standard InChI is InChI=1S/C14H29N3O2S/c1-3-4-9-16(2)20(18,19)17-10-7-14(8-11-17)15-12-13-5-6-13/h13-15H,3-12H2,1-2H3. The van der Waals surface area contributed by atoms with Crippen LogP contribution in [0.4, 0.5) is 0 Å². The van der Waals surface area contributed by atoms with E-state index in [-0.39, 0.29) is 0 Å². The van der Waals surface area contributed by atoms with Crippen LogP contribution in [0, 0.1) is 5.92 Å². The molecule has 0 aromatic rings. The zero-order valence-electron chi connectivity index (χ0n) is 12.8. The van der Waals surface area contributed by atoms with Crippen molar-refractivity contribution in [1.29, 1.82) is 0 Å². The van der Waals surface area contributed by atoms with E-state index in [2.05, 4.69) is 12.2 Å². The second-order valence-electron chi connectivity index (χ2n) is 6.21. The number of nitrogens with zero attached hydrogens (tertiary/aromatic N) is 2. The minimum absolute atomic E-state index is 0.503. The van der Waals surface area contributed by atoms with Crippen LogP contribution < -0.4 is 5.32 Å². The molecule has 2 rings (SSSR count). The molecule has 6 heteroatoms. The summed E-state index contributed by atoms with van der Waals surface area (Å²) in [5.41, 5.74) is 0. The van der Waals surface area contributed by atoms with E-state index in [0.717, 1.165) is 38.1 Å². The second-order valence-corrected chi connectivity index (χ2v) is 8.24. The molecule has 0 radical (unpaired) electrons. The van der Waals surface area contributed by atoms with Gasteiger partial charge < -0.3 is 5.32 Å². The van der Waals surface area contributed by atoms with Gasteiger partial charge in [-0.2, -0.15) is 17.0 Å². The summed E-state index contributed by atoms with van der Waals surface area (Å²) < 4.78 is 28.0. The Balaban J connectivity index is 1.76. The van der Waals surface area contributed by atoms with Gasteiger partial charge in [-0.1, -0.05) is 13.3 Å². The molecule has 0 amide bonds. The fourth-order valence-corrected chi connectivity index (χ4v) is 4.07. The third kappa shape index (κ3) is 4.41. The van der Waals surface area contributed by atoms with Gasteiger partial charge in [0, 0.05) is 32.7 Å². The first-order valence-electron chi connectivity index (χ1n) is 7.98. The van der Waals surface area contributed by atoms with Gasteiger partial charge in [0.2, 0.25) is 0 Å². The van der Waals surface area contributed by atoms with Crippen LogP contribution in [0.1, 0.15) is 45.4 Å². The lowest BCUT2D eigenvalue weighted by Gasteiger charge is -2.34. The average molecular weight is 303 g/mol. The Hall–Kier alpha value is -0.170. The summed E-state index contributed by atoms with van der Waals surface area (Å²) in [4.78, 5) is 0. The molecule has 1 heterocycles. The topological polar surface area (TPSA) is 52.7 Å². The maximum absolute atomic E-state index is 12.4. The van der Waals surface area contributed by atoms with Crippen molar-refractivity contribution in [3.05, 3.63) is 0 Å². The SMILES string of the molecule is CCCCN(C)S(=O)(=O)N1CCC(NCC2CC2)CC1. The van der Waals surface area contributed by atoms with Crippen LogP contribution in [0.3, 0.4) is 0 Å². The molecule has 1 saturated heterocycles. The summed E-state index contributed by atoms with van der Waals surface area (Å²) in [5, 5.41) is 3.58. The maximum atomic E-state index is 12.4. The molecule has 20 heavy (non-hydrogen) atoms. The summed E-state index contributed by atoms with van der Waals surface area (Å²) in [5.74, 6) is 0.886. The summed E-state index contributed by atoms with van der Waals surface area (Å²) in [6, 6.07) is 0.503. The van der Waals surface area contributed by atoms with Crippen molar-refractivity contribution in [2.75, 3.05) is 33.2 Å². The van der Waals surface area contributed by atoms with E-state index in [0.29, 0.717) is 25.7 Å². The lowest BCUT2D eigenvalue weighted by atomic mass is 10.1. The predicted octanol–water partition coefficient (Wildman–Crippen LogP) is 1.43. The molecule has 0 unspecified atom stereocenters. The molecule has 2 fully saturated rings. The van der Waals surface area contributed by atoms with Gasteiger partial charge >= 0.3 is 0 Å². The molecule has 0 atom stereocenters. The van der Waals surface area contributed by atoms with Crippen molar-refractivity contribution >= 4 is 10.2 Å². The number of piperidine rings is 1. The van der Waals surface area contributed by atoms with Gasteiger partial charge in [0.15, 0.2) is 0 Å². The fraction of sp³-hybridized carbons (Fsp3) is 1.00. The van der Waals surface area contributed by atoms with Gasteiger partial charge in [-0.15, -0.1) is 0 Å². The highest BCUT2D eigenvalue weighted by Crippen LogP contribution is 2.28. The van der Waals surface area contributed by atoms with Gasteiger partial charge in [0.1, 0.15) is 0 Å². The molecule has 1 saturated carbocycles. The summed E-state index contributed by atoms with van der Waals surface area (Å²) in [6.45, 7) is 5.13. The highest BCUT2D eigenvalue weighted by atomic mass is 32.2. The van der Waals surface area contributed by atoms with Crippen LogP contribution in [0.2, 0.25) is 0 Å². The van der Waals surface area contributed by atoms with E-state index in [1.807, 2.05) is 0 Å². The smallest absolute Gasteiger partial charge is 0.281 e. The van der Waals surface area contributed by atoms with Crippen LogP contribution in [0.15, 0.2) is 0 Å². The first-order chi connectivity index (χ1) is 9.54. The molecule has 1 N–H and O–H groups in total. The maximum Gasteiger partial charge on any atom is 0.281 e. The van der Waals surface area contributed by atoms with Crippen LogP contribution in [-0.2, 0) is 10.2 Å². The molecule has 1 aliphatic carbocycles. The van der Waals surface area contributed by atoms with Gasteiger partial charge in [0.05, 0.1) is 0 Å². The van der Waals surface area contributed by atoms with Crippen molar-refractivity contribution in [1.82, 2.24) is 13.9 Å². The lowest BCUT2D eigenvalue weighted by Crippen LogP contribution is -2.49. The Morgan fingerprint density at radius 1 is 1.20 bits per heavy atom. The van der Waals surface area contributed by atoms with Crippen LogP contribution in [0.5, 0.6) is 0 Å². The van der Waals surface area contributed by atoms with Gasteiger partial charge in [-0.3, -0.25) is 0 Å². The fourth-order valence-electron chi connectivity index (χ4n) is 2.64. The molecule has 0 bridgehead atoms. The largest absolute Gasteiger partial charge is 0.314 e. The predicted molar refractivity (Wildman–Crippen MR) is 81.8 cm³/mol. The third-order valence-corrected chi connectivity index (χ3v) is 6.38. The highest BCUT2D eigenvalue weighted by Gasteiger charge is 2.31. The Morgan fingerprint density at radius 3 is 2.40 bits per heavy atom. The van der Waals surface area contributed by atoms with E-state index in [9.17, 15) is 8.42 Å². The Labute approximate surface area is 123 Å². The van der Waals surface area contributed by atoms with Gasteiger partial charge in [0.25, 0.3) is 10.2 Å². The zero-order valence-corrected chi connectivity index (χ0v) is 13.7. The first kappa shape index (κ1) is 16.2. The second kappa shape index (κ2) is 7.20. The highest BCUT2D eigenvalue weighted by molar-refractivity contribution is 7.86. The monoisotopic (exact) mass is 303 g/mol. The first-order valence-corrected chi connectivity index (χ1v) is 9.38. The van der Waals surface area contributed by atoms with Crippen LogP contribution >= 0.6 is 0 Å². The number of hydrogen-bond donors (Lipinski definition) is 1. The Bertz CT molecular complexity index is 387. The van der Waals surface area contributed by atoms with Crippen molar-refractivity contribution < 1.29 is 8.42 Å². The minimum Gasteiger partial charge on any atom is -0.314 e. The minimum atomic E-state index is -3.24. The summed E-state index contributed by atoms with van der Waals surface area (Å²) in [6.07, 6.45) is 6.55. The van der Waals surface area contributed by atoms with Crippen LogP contribution in [0.25, 0.3) is 0 Å². The Kier molecular flexibility index (Phi) is 5.84. The quantitative estimate of drug-likeness (QED) is 0.738. The van der Waals surface area contributed by atoms with Crippen molar-refractivity contribution in [2.24, 2.45) is 5.92 Å². The number of nitrogens with one attached hydrogen (secondary N) is 1. The molecule has 5 nitrogen and oxygen atoms in total. The summed E-state index contributed by atoms with van der Waals surface area (Å²) >= 11 is 0. The van der Waals surface area contributed by atoms with E-state index in [1.54, 1.807) is 11.4 Å². The number of rotatable bonds is 8. The molecule has 0 aromatic heterocycles. The average Bonchev–Trinajstić information content (AvgIpc) is 3.27.